The highest BCUT2D eigenvalue weighted by Gasteiger charge is 2.31. The molecule has 5 nitrogen and oxygen atoms in total. The molecule has 1 heterocycles. The van der Waals surface area contributed by atoms with Gasteiger partial charge in [-0.1, -0.05) is 6.92 Å². The van der Waals surface area contributed by atoms with Crippen molar-refractivity contribution in [1.82, 2.24) is 10.2 Å². The van der Waals surface area contributed by atoms with Crippen molar-refractivity contribution in [1.29, 1.82) is 0 Å². The van der Waals surface area contributed by atoms with Crippen LogP contribution in [0.3, 0.4) is 0 Å². The van der Waals surface area contributed by atoms with Gasteiger partial charge >= 0.3 is 6.09 Å². The summed E-state index contributed by atoms with van der Waals surface area (Å²) in [6, 6.07) is 0.719. The fourth-order valence-electron chi connectivity index (χ4n) is 2.69. The molecular formula is C14H29N3O2. The molecule has 3 atom stereocenters. The molecule has 1 aliphatic rings. The minimum absolute atomic E-state index is 0.187. The first-order chi connectivity index (χ1) is 8.73. The number of likely N-dealkylation sites (tertiary alicyclic amines) is 1. The Labute approximate surface area is 116 Å². The van der Waals surface area contributed by atoms with Crippen LogP contribution in [0.4, 0.5) is 4.79 Å². The fourth-order valence-corrected chi connectivity index (χ4v) is 2.69. The van der Waals surface area contributed by atoms with Gasteiger partial charge in [0.05, 0.1) is 0 Å². The minimum atomic E-state index is -0.461. The first-order valence-corrected chi connectivity index (χ1v) is 7.15. The summed E-state index contributed by atoms with van der Waals surface area (Å²) >= 11 is 0. The van der Waals surface area contributed by atoms with Crippen LogP contribution in [0.25, 0.3) is 0 Å². The van der Waals surface area contributed by atoms with Crippen LogP contribution in [0.2, 0.25) is 0 Å². The van der Waals surface area contributed by atoms with Gasteiger partial charge in [-0.2, -0.15) is 0 Å². The highest BCUT2D eigenvalue weighted by atomic mass is 16.6. The van der Waals surface area contributed by atoms with Gasteiger partial charge in [0.1, 0.15) is 5.60 Å². The normalized spacial score (nSPS) is 26.2. The van der Waals surface area contributed by atoms with E-state index in [2.05, 4.69) is 24.1 Å². The number of amides is 1. The maximum atomic E-state index is 11.6. The lowest BCUT2D eigenvalue weighted by atomic mass is 10.1. The van der Waals surface area contributed by atoms with E-state index in [9.17, 15) is 4.79 Å². The van der Waals surface area contributed by atoms with Crippen LogP contribution in [0, 0.1) is 5.92 Å². The third-order valence-electron chi connectivity index (χ3n) is 3.45. The summed E-state index contributed by atoms with van der Waals surface area (Å²) in [7, 11) is 0. The molecule has 112 valence electrons. The molecule has 0 saturated carbocycles. The summed E-state index contributed by atoms with van der Waals surface area (Å²) in [6.07, 6.45) is 0.828. The SMILES string of the molecule is CC1CC(C)N(C(CN)CNC(=O)OC(C)(C)C)C1. The molecule has 1 amide bonds. The van der Waals surface area contributed by atoms with Gasteiger partial charge in [0.2, 0.25) is 0 Å². The average Bonchev–Trinajstić information content (AvgIpc) is 2.56. The molecule has 3 unspecified atom stereocenters. The molecular weight excluding hydrogens is 242 g/mol. The van der Waals surface area contributed by atoms with E-state index in [4.69, 9.17) is 10.5 Å². The van der Waals surface area contributed by atoms with E-state index in [0.29, 0.717) is 25.0 Å². The Bertz CT molecular complexity index is 302. The summed E-state index contributed by atoms with van der Waals surface area (Å²) < 4.78 is 5.23. The standard InChI is InChI=1S/C14H29N3O2/c1-10-6-11(2)17(9-10)12(7-15)8-16-13(18)19-14(3,4)5/h10-12H,6-9,15H2,1-5H3,(H,16,18). The largest absolute Gasteiger partial charge is 0.444 e. The zero-order valence-electron chi connectivity index (χ0n) is 12.9. The number of ether oxygens (including phenoxy) is 1. The highest BCUT2D eigenvalue weighted by molar-refractivity contribution is 5.67. The first kappa shape index (κ1) is 16.2. The Hall–Kier alpha value is -0.810. The molecule has 0 bridgehead atoms. The van der Waals surface area contributed by atoms with Gasteiger partial charge in [-0.25, -0.2) is 4.79 Å². The molecule has 1 aliphatic heterocycles. The van der Waals surface area contributed by atoms with E-state index in [1.807, 2.05) is 20.8 Å². The van der Waals surface area contributed by atoms with Crippen LogP contribution in [0.15, 0.2) is 0 Å². The molecule has 0 radical (unpaired) electrons. The van der Waals surface area contributed by atoms with Crippen LogP contribution in [0.5, 0.6) is 0 Å². The van der Waals surface area contributed by atoms with Gasteiger partial charge in [-0.05, 0) is 40.0 Å². The van der Waals surface area contributed by atoms with Gasteiger partial charge in [0.15, 0.2) is 0 Å². The topological polar surface area (TPSA) is 67.6 Å². The van der Waals surface area contributed by atoms with E-state index < -0.39 is 5.60 Å². The second-order valence-corrected chi connectivity index (χ2v) is 6.66. The second-order valence-electron chi connectivity index (χ2n) is 6.66. The summed E-state index contributed by atoms with van der Waals surface area (Å²) in [5.74, 6) is 0.700. The van der Waals surface area contributed by atoms with Crippen LogP contribution >= 0.6 is 0 Å². The molecule has 3 N–H and O–H groups in total. The van der Waals surface area contributed by atoms with Gasteiger partial charge in [-0.3, -0.25) is 4.90 Å². The highest BCUT2D eigenvalue weighted by Crippen LogP contribution is 2.24. The van der Waals surface area contributed by atoms with Crippen LogP contribution in [-0.2, 0) is 4.74 Å². The number of nitrogens with two attached hydrogens (primary N) is 1. The summed E-state index contributed by atoms with van der Waals surface area (Å²) in [5.41, 5.74) is 5.38. The van der Waals surface area contributed by atoms with Gasteiger partial charge in [0, 0.05) is 31.7 Å². The molecule has 5 heteroatoms. The summed E-state index contributed by atoms with van der Waals surface area (Å²) in [4.78, 5) is 14.0. The number of hydrogen-bond acceptors (Lipinski definition) is 4. The second kappa shape index (κ2) is 6.57. The zero-order chi connectivity index (χ0) is 14.6. The molecule has 19 heavy (non-hydrogen) atoms. The van der Waals surface area contributed by atoms with Crippen LogP contribution in [0.1, 0.15) is 41.0 Å². The Morgan fingerprint density at radius 2 is 2.11 bits per heavy atom. The maximum absolute atomic E-state index is 11.6. The molecule has 0 aliphatic carbocycles. The van der Waals surface area contributed by atoms with Crippen molar-refractivity contribution in [3.8, 4) is 0 Å². The van der Waals surface area contributed by atoms with Crippen molar-refractivity contribution in [2.24, 2.45) is 11.7 Å². The van der Waals surface area contributed by atoms with E-state index in [0.717, 1.165) is 6.54 Å². The minimum Gasteiger partial charge on any atom is -0.444 e. The number of rotatable bonds is 4. The van der Waals surface area contributed by atoms with Crippen molar-refractivity contribution in [3.63, 3.8) is 0 Å². The Kier molecular flexibility index (Phi) is 5.62. The van der Waals surface area contributed by atoms with Crippen molar-refractivity contribution in [2.75, 3.05) is 19.6 Å². The molecule has 1 rings (SSSR count). The van der Waals surface area contributed by atoms with Crippen molar-refractivity contribution in [2.45, 2.75) is 58.7 Å². The van der Waals surface area contributed by atoms with E-state index in [1.165, 1.54) is 6.42 Å². The number of carbonyl (C=O) groups excluding carboxylic acids is 1. The Balaban J connectivity index is 2.43. The molecule has 1 saturated heterocycles. The lowest BCUT2D eigenvalue weighted by Gasteiger charge is -2.31. The van der Waals surface area contributed by atoms with Crippen molar-refractivity contribution < 1.29 is 9.53 Å². The predicted octanol–water partition coefficient (Wildman–Crippen LogP) is 1.57. The van der Waals surface area contributed by atoms with Crippen LogP contribution in [-0.4, -0.2) is 48.3 Å². The summed E-state index contributed by atoms with van der Waals surface area (Å²) in [6.45, 7) is 12.2. The number of nitrogens with zero attached hydrogens (tertiary/aromatic N) is 1. The average molecular weight is 271 g/mol. The predicted molar refractivity (Wildman–Crippen MR) is 77.0 cm³/mol. The molecule has 0 aromatic heterocycles. The van der Waals surface area contributed by atoms with E-state index in [-0.39, 0.29) is 12.1 Å². The van der Waals surface area contributed by atoms with E-state index in [1.54, 1.807) is 0 Å². The van der Waals surface area contributed by atoms with Crippen LogP contribution < -0.4 is 11.1 Å². The third-order valence-corrected chi connectivity index (χ3v) is 3.45. The molecule has 0 aromatic rings. The molecule has 0 spiro atoms. The third kappa shape index (κ3) is 5.37. The number of alkyl carbamates (subject to hydrolysis) is 1. The smallest absolute Gasteiger partial charge is 0.407 e. The Morgan fingerprint density at radius 1 is 1.47 bits per heavy atom. The molecule has 0 aromatic carbocycles. The first-order valence-electron chi connectivity index (χ1n) is 7.15. The fraction of sp³-hybridized carbons (Fsp3) is 0.929. The summed E-state index contributed by atoms with van der Waals surface area (Å²) in [5, 5.41) is 2.82. The lowest BCUT2D eigenvalue weighted by molar-refractivity contribution is 0.0506. The Morgan fingerprint density at radius 3 is 2.53 bits per heavy atom. The van der Waals surface area contributed by atoms with Gasteiger partial charge < -0.3 is 15.8 Å². The lowest BCUT2D eigenvalue weighted by Crippen LogP contribution is -2.50. The number of carbonyl (C=O) groups is 1. The number of nitrogens with one attached hydrogen (secondary N) is 1. The number of hydrogen-bond donors (Lipinski definition) is 2. The monoisotopic (exact) mass is 271 g/mol. The van der Waals surface area contributed by atoms with Gasteiger partial charge in [0.25, 0.3) is 0 Å². The van der Waals surface area contributed by atoms with E-state index >= 15 is 0 Å². The van der Waals surface area contributed by atoms with Crippen molar-refractivity contribution in [3.05, 3.63) is 0 Å². The maximum Gasteiger partial charge on any atom is 0.407 e. The molecule has 1 fully saturated rings. The zero-order valence-corrected chi connectivity index (χ0v) is 12.9. The van der Waals surface area contributed by atoms with Crippen molar-refractivity contribution >= 4 is 6.09 Å². The van der Waals surface area contributed by atoms with Gasteiger partial charge in [-0.15, -0.1) is 0 Å². The quantitative estimate of drug-likeness (QED) is 0.814.